The van der Waals surface area contributed by atoms with E-state index in [2.05, 4.69) is 10.2 Å². The maximum absolute atomic E-state index is 13.1. The van der Waals surface area contributed by atoms with Crippen LogP contribution in [0.15, 0.2) is 47.3 Å². The molecule has 1 fully saturated rings. The van der Waals surface area contributed by atoms with Gasteiger partial charge in [-0.3, -0.25) is 14.5 Å². The third-order valence-electron chi connectivity index (χ3n) is 6.50. The van der Waals surface area contributed by atoms with Crippen LogP contribution < -0.4 is 10.9 Å². The molecular weight excluding hydrogens is 414 g/mol. The molecule has 2 aliphatic heterocycles. The normalized spacial score (nSPS) is 25.0. The number of carbonyl (C=O) groups excluding carboxylic acids is 1. The van der Waals surface area contributed by atoms with Gasteiger partial charge >= 0.3 is 0 Å². The smallest absolute Gasteiger partial charge is 0.258 e. The van der Waals surface area contributed by atoms with Crippen LogP contribution in [0.4, 0.5) is 0 Å². The zero-order valence-corrected chi connectivity index (χ0v) is 18.5. The SMILES string of the molecule is C/C=C/c1ccc2n(c1=O)C[C@@H]1[C@@H](CO)[C@H](C(=O)NCC)N(Cc3ccccc3Cl)[C@H]21. The van der Waals surface area contributed by atoms with E-state index in [1.165, 1.54) is 0 Å². The minimum absolute atomic E-state index is 0.0334. The number of nitrogens with zero attached hydrogens (tertiary/aromatic N) is 2. The number of fused-ring (bicyclic) bond motifs is 3. The zero-order chi connectivity index (χ0) is 22.1. The van der Waals surface area contributed by atoms with Crippen LogP contribution in [0.1, 0.15) is 36.7 Å². The summed E-state index contributed by atoms with van der Waals surface area (Å²) in [7, 11) is 0. The van der Waals surface area contributed by atoms with Crippen molar-refractivity contribution in [2.24, 2.45) is 11.8 Å². The minimum Gasteiger partial charge on any atom is -0.396 e. The summed E-state index contributed by atoms with van der Waals surface area (Å²) in [4.78, 5) is 28.2. The molecule has 0 bridgehead atoms. The highest BCUT2D eigenvalue weighted by molar-refractivity contribution is 6.31. The molecule has 1 amide bonds. The first-order chi connectivity index (χ1) is 15.0. The van der Waals surface area contributed by atoms with Crippen molar-refractivity contribution in [3.63, 3.8) is 0 Å². The van der Waals surface area contributed by atoms with Gasteiger partial charge in [-0.1, -0.05) is 42.0 Å². The van der Waals surface area contributed by atoms with Crippen LogP contribution >= 0.6 is 11.6 Å². The number of aliphatic hydroxyl groups is 1. The lowest BCUT2D eigenvalue weighted by Gasteiger charge is -2.31. The fourth-order valence-electron chi connectivity index (χ4n) is 5.21. The number of likely N-dealkylation sites (N-methyl/N-ethyl adjacent to an activating group) is 1. The number of amides is 1. The van der Waals surface area contributed by atoms with Crippen molar-refractivity contribution >= 4 is 23.6 Å². The van der Waals surface area contributed by atoms with Crippen molar-refractivity contribution in [1.29, 1.82) is 0 Å². The molecule has 0 saturated carbocycles. The summed E-state index contributed by atoms with van der Waals surface area (Å²) in [6, 6.07) is 10.8. The molecule has 0 radical (unpaired) electrons. The Bertz CT molecular complexity index is 1060. The molecule has 1 saturated heterocycles. The van der Waals surface area contributed by atoms with Gasteiger partial charge in [0, 0.05) is 54.4 Å². The Kier molecular flexibility index (Phi) is 6.32. The zero-order valence-electron chi connectivity index (χ0n) is 17.8. The van der Waals surface area contributed by atoms with E-state index in [9.17, 15) is 14.7 Å². The Labute approximate surface area is 187 Å². The average Bonchev–Trinajstić information content (AvgIpc) is 3.27. The Morgan fingerprint density at radius 1 is 1.29 bits per heavy atom. The molecule has 2 aromatic rings. The molecular formula is C24H28ClN3O3. The van der Waals surface area contributed by atoms with Crippen molar-refractivity contribution < 1.29 is 9.90 Å². The van der Waals surface area contributed by atoms with Gasteiger partial charge in [0.2, 0.25) is 5.91 Å². The molecule has 164 valence electrons. The maximum atomic E-state index is 13.1. The summed E-state index contributed by atoms with van der Waals surface area (Å²) in [5.74, 6) is -0.403. The second kappa shape index (κ2) is 8.99. The summed E-state index contributed by atoms with van der Waals surface area (Å²) < 4.78 is 1.81. The summed E-state index contributed by atoms with van der Waals surface area (Å²) in [6.07, 6.45) is 3.66. The maximum Gasteiger partial charge on any atom is 0.258 e. The summed E-state index contributed by atoms with van der Waals surface area (Å²) in [5.41, 5.74) is 2.42. The number of hydrogen-bond acceptors (Lipinski definition) is 4. The molecule has 3 heterocycles. The van der Waals surface area contributed by atoms with Gasteiger partial charge in [0.15, 0.2) is 0 Å². The number of nitrogens with one attached hydrogen (secondary N) is 1. The molecule has 2 aliphatic rings. The summed E-state index contributed by atoms with van der Waals surface area (Å²) >= 11 is 6.45. The molecule has 4 atom stereocenters. The molecule has 1 aromatic carbocycles. The van der Waals surface area contributed by atoms with E-state index >= 15 is 0 Å². The summed E-state index contributed by atoms with van der Waals surface area (Å²) in [5, 5.41) is 13.9. The second-order valence-electron chi connectivity index (χ2n) is 8.19. The van der Waals surface area contributed by atoms with Crippen LogP contribution in [0.2, 0.25) is 5.02 Å². The van der Waals surface area contributed by atoms with Gasteiger partial charge in [0.25, 0.3) is 5.56 Å². The van der Waals surface area contributed by atoms with Gasteiger partial charge in [0.1, 0.15) is 0 Å². The minimum atomic E-state index is -0.490. The highest BCUT2D eigenvalue weighted by Gasteiger charge is 2.55. The van der Waals surface area contributed by atoms with Gasteiger partial charge in [-0.05, 0) is 37.6 Å². The van der Waals surface area contributed by atoms with Crippen LogP contribution in [-0.2, 0) is 17.9 Å². The predicted molar refractivity (Wildman–Crippen MR) is 122 cm³/mol. The number of allylic oxidation sites excluding steroid dienone is 1. The fourth-order valence-corrected chi connectivity index (χ4v) is 5.41. The predicted octanol–water partition coefficient (Wildman–Crippen LogP) is 2.83. The van der Waals surface area contributed by atoms with E-state index < -0.39 is 6.04 Å². The molecule has 0 unspecified atom stereocenters. The van der Waals surface area contributed by atoms with Gasteiger partial charge in [-0.2, -0.15) is 0 Å². The number of aromatic nitrogens is 1. The molecule has 6 nitrogen and oxygen atoms in total. The number of carbonyl (C=O) groups is 1. The largest absolute Gasteiger partial charge is 0.396 e. The standard InChI is InChI=1S/C24H28ClN3O3/c1-3-7-15-10-11-20-21-17(13-27(20)24(15)31)18(14-29)22(23(30)26-4-2)28(21)12-16-8-5-6-9-19(16)25/h3,5-11,17-18,21-22,29H,4,12-14H2,1-2H3,(H,26,30)/b7-3+/t17-,18-,21+,22-/m1/s1. The molecule has 31 heavy (non-hydrogen) atoms. The Hall–Kier alpha value is -2.41. The monoisotopic (exact) mass is 441 g/mol. The van der Waals surface area contributed by atoms with Crippen LogP contribution in [0.5, 0.6) is 0 Å². The van der Waals surface area contributed by atoms with Crippen LogP contribution in [0.25, 0.3) is 6.08 Å². The second-order valence-corrected chi connectivity index (χ2v) is 8.59. The number of pyridine rings is 1. The van der Waals surface area contributed by atoms with Gasteiger partial charge in [0.05, 0.1) is 12.1 Å². The number of hydrogen-bond donors (Lipinski definition) is 2. The van der Waals surface area contributed by atoms with Gasteiger partial charge < -0.3 is 15.0 Å². The van der Waals surface area contributed by atoms with Crippen molar-refractivity contribution in [3.05, 3.63) is 74.7 Å². The van der Waals surface area contributed by atoms with Crippen LogP contribution in [-0.4, -0.2) is 39.7 Å². The quantitative estimate of drug-likeness (QED) is 0.722. The topological polar surface area (TPSA) is 74.6 Å². The molecule has 1 aromatic heterocycles. The van der Waals surface area contributed by atoms with Gasteiger partial charge in [-0.25, -0.2) is 0 Å². The van der Waals surface area contributed by atoms with E-state index in [-0.39, 0.29) is 36.0 Å². The van der Waals surface area contributed by atoms with E-state index in [0.717, 1.165) is 11.3 Å². The Morgan fingerprint density at radius 3 is 2.74 bits per heavy atom. The number of halogens is 1. The lowest BCUT2D eigenvalue weighted by Crippen LogP contribution is -2.48. The van der Waals surface area contributed by atoms with E-state index in [1.54, 1.807) is 4.57 Å². The number of rotatable bonds is 6. The molecule has 0 spiro atoms. The van der Waals surface area contributed by atoms with Crippen molar-refractivity contribution in [3.8, 4) is 0 Å². The molecule has 4 rings (SSSR count). The lowest BCUT2D eigenvalue weighted by molar-refractivity contribution is -0.127. The highest BCUT2D eigenvalue weighted by Crippen LogP contribution is 2.50. The fraction of sp³-hybridized carbons (Fsp3) is 0.417. The van der Waals surface area contributed by atoms with Crippen LogP contribution in [0, 0.1) is 11.8 Å². The third kappa shape index (κ3) is 3.73. The van der Waals surface area contributed by atoms with Crippen LogP contribution in [0.3, 0.4) is 0 Å². The number of likely N-dealkylation sites (tertiary alicyclic amines) is 1. The Balaban J connectivity index is 1.81. The van der Waals surface area contributed by atoms with E-state index in [1.807, 2.05) is 62.4 Å². The molecule has 0 aliphatic carbocycles. The molecule has 2 N–H and O–H groups in total. The average molecular weight is 442 g/mol. The highest BCUT2D eigenvalue weighted by atomic mass is 35.5. The first kappa shape index (κ1) is 21.8. The first-order valence-electron chi connectivity index (χ1n) is 10.8. The van der Waals surface area contributed by atoms with Crippen molar-refractivity contribution in [2.45, 2.75) is 39.0 Å². The number of benzene rings is 1. The third-order valence-corrected chi connectivity index (χ3v) is 6.87. The number of aliphatic hydroxyl groups excluding tert-OH is 1. The van der Waals surface area contributed by atoms with E-state index in [0.29, 0.717) is 30.2 Å². The molecule has 7 heteroatoms. The summed E-state index contributed by atoms with van der Waals surface area (Å²) in [6.45, 7) is 5.13. The lowest BCUT2D eigenvalue weighted by atomic mass is 9.88. The van der Waals surface area contributed by atoms with Crippen molar-refractivity contribution in [1.82, 2.24) is 14.8 Å². The Morgan fingerprint density at radius 2 is 2.06 bits per heavy atom. The van der Waals surface area contributed by atoms with Crippen molar-refractivity contribution in [2.75, 3.05) is 13.2 Å². The first-order valence-corrected chi connectivity index (χ1v) is 11.1. The van der Waals surface area contributed by atoms with Gasteiger partial charge in [-0.15, -0.1) is 0 Å². The van der Waals surface area contributed by atoms with E-state index in [4.69, 9.17) is 11.6 Å².